The van der Waals surface area contributed by atoms with Crippen molar-refractivity contribution in [3.05, 3.63) is 71.9 Å². The molecule has 1 aromatic carbocycles. The molecule has 2 aromatic heterocycles. The summed E-state index contributed by atoms with van der Waals surface area (Å²) < 4.78 is 77.2. The maximum atomic E-state index is 13.8. The Balaban J connectivity index is 0.000000383. The minimum Gasteiger partial charge on any atom is -0.475 e. The van der Waals surface area contributed by atoms with E-state index in [1.807, 2.05) is 31.4 Å². The van der Waals surface area contributed by atoms with Crippen molar-refractivity contribution in [1.29, 1.82) is 0 Å². The van der Waals surface area contributed by atoms with Crippen molar-refractivity contribution in [2.75, 3.05) is 7.05 Å². The van der Waals surface area contributed by atoms with Gasteiger partial charge in [0.2, 0.25) is 0 Å². The van der Waals surface area contributed by atoms with Crippen molar-refractivity contribution in [3.8, 4) is 11.3 Å². The lowest BCUT2D eigenvalue weighted by Crippen LogP contribution is -2.21. The number of carboxylic acid groups (broad SMARTS) is 2. The summed E-state index contributed by atoms with van der Waals surface area (Å²) in [4.78, 5) is 24.0. The molecule has 0 unspecified atom stereocenters. The highest BCUT2D eigenvalue weighted by molar-refractivity contribution is 5.73. The Morgan fingerprint density at radius 2 is 1.50 bits per heavy atom. The number of benzene rings is 1. The topological polar surface area (TPSA) is 119 Å². The van der Waals surface area contributed by atoms with Gasteiger partial charge in [0.25, 0.3) is 0 Å². The molecule has 0 spiro atoms. The van der Waals surface area contributed by atoms with E-state index in [1.165, 1.54) is 6.07 Å². The van der Waals surface area contributed by atoms with E-state index in [1.54, 1.807) is 24.4 Å². The first-order chi connectivity index (χ1) is 16.6. The predicted molar refractivity (Wildman–Crippen MR) is 111 cm³/mol. The Hall–Kier alpha value is -4.01. The van der Waals surface area contributed by atoms with Crippen LogP contribution in [0.3, 0.4) is 0 Å². The zero-order valence-corrected chi connectivity index (χ0v) is 18.3. The third kappa shape index (κ3) is 10.9. The van der Waals surface area contributed by atoms with Gasteiger partial charge in [-0.3, -0.25) is 15.0 Å². The van der Waals surface area contributed by atoms with Crippen molar-refractivity contribution in [2.45, 2.75) is 25.4 Å². The highest BCUT2D eigenvalue weighted by atomic mass is 19.4. The van der Waals surface area contributed by atoms with Crippen LogP contribution in [0.4, 0.5) is 30.7 Å². The van der Waals surface area contributed by atoms with Crippen LogP contribution in [0.5, 0.6) is 0 Å². The molecule has 0 fully saturated rings. The fourth-order valence-corrected chi connectivity index (χ4v) is 2.40. The number of aromatic nitrogens is 3. The van der Waals surface area contributed by atoms with E-state index in [9.17, 15) is 30.7 Å². The number of nitrogens with one attached hydrogen (secondary N) is 1. The average molecular weight is 524 g/mol. The van der Waals surface area contributed by atoms with Gasteiger partial charge in [-0.25, -0.2) is 14.0 Å². The summed E-state index contributed by atoms with van der Waals surface area (Å²) in [6, 6.07) is 12.5. The number of H-pyrrole nitrogens is 1. The lowest BCUT2D eigenvalue weighted by molar-refractivity contribution is -0.193. The third-order valence-electron chi connectivity index (χ3n) is 3.88. The van der Waals surface area contributed by atoms with Gasteiger partial charge in [-0.05, 0) is 36.9 Å². The van der Waals surface area contributed by atoms with Crippen LogP contribution < -0.4 is 0 Å². The van der Waals surface area contributed by atoms with Crippen molar-refractivity contribution in [1.82, 2.24) is 20.1 Å². The molecule has 15 heteroatoms. The fourth-order valence-electron chi connectivity index (χ4n) is 2.40. The molecule has 0 bridgehead atoms. The number of carbonyl (C=O) groups is 2. The largest absolute Gasteiger partial charge is 0.490 e. The second-order valence-electron chi connectivity index (χ2n) is 6.90. The summed E-state index contributed by atoms with van der Waals surface area (Å²) in [6.45, 7) is 1.50. The van der Waals surface area contributed by atoms with Crippen LogP contribution in [0, 0.1) is 5.82 Å². The summed E-state index contributed by atoms with van der Waals surface area (Å²) in [7, 11) is 2.02. The maximum Gasteiger partial charge on any atom is 0.490 e. The number of aliphatic carboxylic acids is 2. The molecule has 3 N–H and O–H groups in total. The van der Waals surface area contributed by atoms with Gasteiger partial charge in [0.05, 0.1) is 5.69 Å². The van der Waals surface area contributed by atoms with E-state index >= 15 is 0 Å². The van der Waals surface area contributed by atoms with Crippen molar-refractivity contribution >= 4 is 11.9 Å². The quantitative estimate of drug-likeness (QED) is 0.420. The van der Waals surface area contributed by atoms with Crippen LogP contribution >= 0.6 is 0 Å². The molecule has 8 nitrogen and oxygen atoms in total. The van der Waals surface area contributed by atoms with Crippen molar-refractivity contribution in [2.24, 2.45) is 0 Å². The van der Waals surface area contributed by atoms with Crippen LogP contribution in [0.1, 0.15) is 11.3 Å². The number of nitrogens with zero attached hydrogens (tertiary/aromatic N) is 3. The normalized spacial score (nSPS) is 11.1. The summed E-state index contributed by atoms with van der Waals surface area (Å²) in [5, 5.41) is 21.4. The lowest BCUT2D eigenvalue weighted by Gasteiger charge is -2.14. The molecule has 3 rings (SSSR count). The van der Waals surface area contributed by atoms with Crippen LogP contribution in [0.15, 0.2) is 54.9 Å². The van der Waals surface area contributed by atoms with Gasteiger partial charge in [0.15, 0.2) is 0 Å². The number of hydrogen-bond donors (Lipinski definition) is 3. The smallest absolute Gasteiger partial charge is 0.475 e. The molecular weight excluding hydrogens is 505 g/mol. The minimum absolute atomic E-state index is 0.260. The molecule has 0 aliphatic rings. The third-order valence-corrected chi connectivity index (χ3v) is 3.88. The monoisotopic (exact) mass is 524 g/mol. The van der Waals surface area contributed by atoms with Gasteiger partial charge in [-0.15, -0.1) is 0 Å². The number of pyridine rings is 1. The average Bonchev–Trinajstić information content (AvgIpc) is 3.22. The van der Waals surface area contributed by atoms with Gasteiger partial charge < -0.3 is 10.2 Å². The van der Waals surface area contributed by atoms with E-state index in [0.29, 0.717) is 17.8 Å². The number of hydrogen-bond acceptors (Lipinski definition) is 5. The number of rotatable bonds is 5. The summed E-state index contributed by atoms with van der Waals surface area (Å²) in [6.07, 6.45) is -6.55. The summed E-state index contributed by atoms with van der Waals surface area (Å²) in [5.74, 6) is -5.77. The second-order valence-corrected chi connectivity index (χ2v) is 6.90. The number of alkyl halides is 6. The molecule has 3 aromatic rings. The first-order valence-corrected chi connectivity index (χ1v) is 9.58. The van der Waals surface area contributed by atoms with Gasteiger partial charge in [-0.2, -0.15) is 31.4 Å². The highest BCUT2D eigenvalue weighted by Crippen LogP contribution is 2.21. The molecule has 2 heterocycles. The van der Waals surface area contributed by atoms with Gasteiger partial charge in [0.1, 0.15) is 5.82 Å². The Morgan fingerprint density at radius 1 is 0.944 bits per heavy atom. The van der Waals surface area contributed by atoms with Crippen LogP contribution in [-0.2, 0) is 22.7 Å². The second kappa shape index (κ2) is 13.2. The van der Waals surface area contributed by atoms with E-state index in [2.05, 4.69) is 20.1 Å². The molecule has 0 saturated carbocycles. The molecule has 0 aliphatic carbocycles. The Morgan fingerprint density at radius 3 is 1.97 bits per heavy atom. The maximum absolute atomic E-state index is 13.8. The summed E-state index contributed by atoms with van der Waals surface area (Å²) >= 11 is 0. The van der Waals surface area contributed by atoms with Crippen molar-refractivity contribution in [3.63, 3.8) is 0 Å². The number of carboxylic acids is 2. The first-order valence-electron chi connectivity index (χ1n) is 9.58. The van der Waals surface area contributed by atoms with Gasteiger partial charge in [-0.1, -0.05) is 18.2 Å². The zero-order chi connectivity index (χ0) is 27.5. The number of aromatic amines is 1. The SMILES string of the molecule is CN(Cc1cccnc1)Cc1cc(-c2ccccc2F)n[nH]1.O=C(O)C(F)(F)F.O=C(O)C(F)(F)F. The Kier molecular flexibility index (Phi) is 11.0. The van der Waals surface area contributed by atoms with Crippen molar-refractivity contribution < 1.29 is 50.5 Å². The Bertz CT molecular complexity index is 1100. The van der Waals surface area contributed by atoms with Crippen LogP contribution in [0.2, 0.25) is 0 Å². The highest BCUT2D eigenvalue weighted by Gasteiger charge is 2.38. The lowest BCUT2D eigenvalue weighted by atomic mass is 10.1. The van der Waals surface area contributed by atoms with E-state index < -0.39 is 24.3 Å². The predicted octanol–water partition coefficient (Wildman–Crippen LogP) is 4.51. The van der Waals surface area contributed by atoms with Gasteiger partial charge >= 0.3 is 24.3 Å². The van der Waals surface area contributed by atoms with Crippen LogP contribution in [0.25, 0.3) is 11.3 Å². The molecule has 0 atom stereocenters. The van der Waals surface area contributed by atoms with E-state index in [4.69, 9.17) is 19.8 Å². The van der Waals surface area contributed by atoms with E-state index in [-0.39, 0.29) is 5.82 Å². The molecule has 0 radical (unpaired) electrons. The minimum atomic E-state index is -5.08. The Labute approximate surface area is 199 Å². The van der Waals surface area contributed by atoms with Gasteiger partial charge in [0, 0.05) is 36.7 Å². The molecular formula is C21H19F7N4O4. The molecule has 0 aliphatic heterocycles. The molecule has 0 amide bonds. The fraction of sp³-hybridized carbons (Fsp3) is 0.238. The number of halogens is 7. The molecule has 196 valence electrons. The van der Waals surface area contributed by atoms with E-state index in [0.717, 1.165) is 17.8 Å². The molecule has 36 heavy (non-hydrogen) atoms. The van der Waals surface area contributed by atoms with Crippen LogP contribution in [-0.4, -0.2) is 61.6 Å². The molecule has 0 saturated heterocycles. The summed E-state index contributed by atoms with van der Waals surface area (Å²) in [5.41, 5.74) is 3.24. The standard InChI is InChI=1S/C17H17FN4.2C2HF3O2/c1-22(11-13-5-4-8-19-10-13)12-14-9-17(21-20-14)15-6-2-3-7-16(15)18;2*3-2(4,5)1(6)7/h2-10H,11-12H2,1H3,(H,20,21);2*(H,6,7). The zero-order valence-electron chi connectivity index (χ0n) is 18.3. The first kappa shape index (κ1) is 30.0.